The molecule has 1 aliphatic carbocycles. The normalized spacial score (nSPS) is 18.2. The van der Waals surface area contributed by atoms with Crippen LogP contribution in [0.3, 0.4) is 0 Å². The summed E-state index contributed by atoms with van der Waals surface area (Å²) in [5.41, 5.74) is 5.69. The van der Waals surface area contributed by atoms with Crippen molar-refractivity contribution in [1.82, 2.24) is 4.72 Å². The molecule has 2 rings (SSSR count). The monoisotopic (exact) mass is 344 g/mol. The number of hydrogen-bond acceptors (Lipinski definition) is 4. The Hall–Kier alpha value is 0.150. The molecule has 0 aromatic carbocycles. The van der Waals surface area contributed by atoms with Gasteiger partial charge in [0.2, 0.25) is 10.0 Å². The van der Waals surface area contributed by atoms with Crippen LogP contribution in [0, 0.1) is 5.92 Å². The van der Waals surface area contributed by atoms with Crippen LogP contribution in [-0.4, -0.2) is 21.0 Å². The smallest absolute Gasteiger partial charge is 0.250 e. The van der Waals surface area contributed by atoms with Gasteiger partial charge in [0, 0.05) is 12.6 Å². The Morgan fingerprint density at radius 3 is 2.53 bits per heavy atom. The van der Waals surface area contributed by atoms with Gasteiger partial charge in [0.05, 0.1) is 4.34 Å². The first kappa shape index (κ1) is 17.2. The lowest BCUT2D eigenvalue weighted by atomic mass is 9.99. The highest BCUT2D eigenvalue weighted by Gasteiger charge is 2.28. The van der Waals surface area contributed by atoms with Crippen molar-refractivity contribution < 1.29 is 8.42 Å². The fourth-order valence-electron chi connectivity index (χ4n) is 2.40. The van der Waals surface area contributed by atoms with Crippen molar-refractivity contribution in [2.24, 2.45) is 11.7 Å². The average molecular weight is 345 g/mol. The van der Waals surface area contributed by atoms with Gasteiger partial charge < -0.3 is 5.73 Å². The van der Waals surface area contributed by atoms with E-state index < -0.39 is 10.0 Å². The number of nitrogens with one attached hydrogen (secondary N) is 1. The van der Waals surface area contributed by atoms with Crippen LogP contribution < -0.4 is 10.5 Å². The minimum Gasteiger partial charge on any atom is -0.329 e. The molecule has 110 valence electrons. The van der Waals surface area contributed by atoms with Crippen molar-refractivity contribution in [3.63, 3.8) is 0 Å². The molecule has 0 radical (unpaired) electrons. The topological polar surface area (TPSA) is 72.2 Å². The Kier molecular flexibility index (Phi) is 6.56. The summed E-state index contributed by atoms with van der Waals surface area (Å²) in [5, 5.41) is 0. The van der Waals surface area contributed by atoms with Crippen molar-refractivity contribution >= 4 is 45.4 Å². The van der Waals surface area contributed by atoms with E-state index in [4.69, 9.17) is 17.3 Å². The second kappa shape index (κ2) is 7.24. The molecular formula is C11H18Cl2N2O2S2. The van der Waals surface area contributed by atoms with Crippen LogP contribution >= 0.6 is 35.3 Å². The van der Waals surface area contributed by atoms with Gasteiger partial charge in [-0.25, -0.2) is 13.1 Å². The number of sulfonamides is 1. The van der Waals surface area contributed by atoms with Gasteiger partial charge in [0.25, 0.3) is 0 Å². The van der Waals surface area contributed by atoms with Crippen LogP contribution in [0.25, 0.3) is 0 Å². The Morgan fingerprint density at radius 2 is 2.05 bits per heavy atom. The molecule has 1 aromatic heterocycles. The van der Waals surface area contributed by atoms with Crippen LogP contribution in [0.2, 0.25) is 4.34 Å². The van der Waals surface area contributed by atoms with Gasteiger partial charge in [-0.15, -0.1) is 23.7 Å². The average Bonchev–Trinajstić information content (AvgIpc) is 2.96. The minimum atomic E-state index is -3.48. The van der Waals surface area contributed by atoms with E-state index in [0.717, 1.165) is 37.0 Å². The second-order valence-electron chi connectivity index (χ2n) is 4.57. The summed E-state index contributed by atoms with van der Waals surface area (Å²) in [6, 6.07) is 2.95. The number of nitrogens with two attached hydrogens (primary N) is 1. The van der Waals surface area contributed by atoms with Crippen molar-refractivity contribution in [2.75, 3.05) is 6.54 Å². The zero-order chi connectivity index (χ0) is 13.2. The summed E-state index contributed by atoms with van der Waals surface area (Å²) in [6.45, 7) is 0.336. The summed E-state index contributed by atoms with van der Waals surface area (Å²) in [5.74, 6) is 0.361. The van der Waals surface area contributed by atoms with E-state index in [-0.39, 0.29) is 22.7 Å². The van der Waals surface area contributed by atoms with Crippen LogP contribution in [0.4, 0.5) is 0 Å². The standard InChI is InChI=1S/C11H17ClN2O2S2.ClH/c12-10-5-6-11(17-10)18(15,16)14-9(7-13)8-3-1-2-4-8;/h5-6,8-9,14H,1-4,7,13H2;1H. The molecule has 4 nitrogen and oxygen atoms in total. The molecule has 8 heteroatoms. The maximum absolute atomic E-state index is 12.2. The molecule has 1 unspecified atom stereocenters. The molecule has 1 aromatic rings. The van der Waals surface area contributed by atoms with Gasteiger partial charge in [-0.1, -0.05) is 24.4 Å². The van der Waals surface area contributed by atoms with E-state index in [0.29, 0.717) is 16.8 Å². The molecule has 19 heavy (non-hydrogen) atoms. The molecule has 1 fully saturated rings. The highest BCUT2D eigenvalue weighted by atomic mass is 35.5. The van der Waals surface area contributed by atoms with Crippen LogP contribution in [0.15, 0.2) is 16.3 Å². The summed E-state index contributed by atoms with van der Waals surface area (Å²) in [4.78, 5) is 0. The minimum absolute atomic E-state index is 0. The quantitative estimate of drug-likeness (QED) is 0.862. The summed E-state index contributed by atoms with van der Waals surface area (Å²) in [7, 11) is -3.48. The van der Waals surface area contributed by atoms with E-state index in [9.17, 15) is 8.42 Å². The Bertz CT molecular complexity index is 499. The predicted molar refractivity (Wildman–Crippen MR) is 81.7 cm³/mol. The van der Waals surface area contributed by atoms with E-state index in [1.165, 1.54) is 6.07 Å². The fourth-order valence-corrected chi connectivity index (χ4v) is 5.21. The third-order valence-electron chi connectivity index (χ3n) is 3.34. The summed E-state index contributed by atoms with van der Waals surface area (Å²) in [6.07, 6.45) is 4.42. The lowest BCUT2D eigenvalue weighted by Gasteiger charge is -2.22. The highest BCUT2D eigenvalue weighted by Crippen LogP contribution is 2.30. The number of thiophene rings is 1. The van der Waals surface area contributed by atoms with Crippen molar-refractivity contribution in [2.45, 2.75) is 35.9 Å². The van der Waals surface area contributed by atoms with Gasteiger partial charge in [-0.3, -0.25) is 0 Å². The summed E-state index contributed by atoms with van der Waals surface area (Å²) >= 11 is 6.83. The lowest BCUT2D eigenvalue weighted by molar-refractivity contribution is 0.406. The van der Waals surface area contributed by atoms with Crippen molar-refractivity contribution in [3.05, 3.63) is 16.5 Å². The largest absolute Gasteiger partial charge is 0.329 e. The number of hydrogen-bond donors (Lipinski definition) is 2. The van der Waals surface area contributed by atoms with Gasteiger partial charge in [-0.2, -0.15) is 0 Å². The number of rotatable bonds is 5. The first-order valence-electron chi connectivity index (χ1n) is 6.00. The first-order valence-corrected chi connectivity index (χ1v) is 8.68. The molecule has 1 atom stereocenters. The zero-order valence-corrected chi connectivity index (χ0v) is 13.5. The first-order chi connectivity index (χ1) is 8.53. The molecule has 0 amide bonds. The van der Waals surface area contributed by atoms with Crippen LogP contribution in [0.1, 0.15) is 25.7 Å². The summed E-state index contributed by atoms with van der Waals surface area (Å²) < 4.78 is 27.8. The molecule has 1 saturated carbocycles. The van der Waals surface area contributed by atoms with Crippen molar-refractivity contribution in [3.8, 4) is 0 Å². The van der Waals surface area contributed by atoms with E-state index in [1.807, 2.05) is 0 Å². The van der Waals surface area contributed by atoms with Gasteiger partial charge in [0.1, 0.15) is 4.21 Å². The molecule has 3 N–H and O–H groups in total. The fraction of sp³-hybridized carbons (Fsp3) is 0.636. The van der Waals surface area contributed by atoms with E-state index in [2.05, 4.69) is 4.72 Å². The second-order valence-corrected chi connectivity index (χ2v) is 8.22. The molecule has 0 spiro atoms. The maximum atomic E-state index is 12.2. The Balaban J connectivity index is 0.00000180. The van der Waals surface area contributed by atoms with Crippen molar-refractivity contribution in [1.29, 1.82) is 0 Å². The van der Waals surface area contributed by atoms with Gasteiger partial charge in [-0.05, 0) is 30.9 Å². The molecular weight excluding hydrogens is 327 g/mol. The highest BCUT2D eigenvalue weighted by molar-refractivity contribution is 7.91. The number of halogens is 2. The molecule has 0 saturated heterocycles. The van der Waals surface area contributed by atoms with Gasteiger partial charge in [0.15, 0.2) is 0 Å². The van der Waals surface area contributed by atoms with E-state index >= 15 is 0 Å². The third-order valence-corrected chi connectivity index (χ3v) is 6.56. The Labute approximate surface area is 129 Å². The molecule has 0 bridgehead atoms. The predicted octanol–water partition coefficient (Wildman–Crippen LogP) is 2.62. The van der Waals surface area contributed by atoms with Crippen LogP contribution in [-0.2, 0) is 10.0 Å². The van der Waals surface area contributed by atoms with E-state index in [1.54, 1.807) is 6.07 Å². The third kappa shape index (κ3) is 4.31. The molecule has 1 aliphatic rings. The SMILES string of the molecule is Cl.NCC(NS(=O)(=O)c1ccc(Cl)s1)C1CCCC1. The van der Waals surface area contributed by atoms with Gasteiger partial charge >= 0.3 is 0 Å². The van der Waals surface area contributed by atoms with Crippen LogP contribution in [0.5, 0.6) is 0 Å². The molecule has 1 heterocycles. The zero-order valence-electron chi connectivity index (χ0n) is 10.3. The lowest BCUT2D eigenvalue weighted by Crippen LogP contribution is -2.44. The molecule has 0 aliphatic heterocycles. The maximum Gasteiger partial charge on any atom is 0.250 e. The Morgan fingerprint density at radius 1 is 1.42 bits per heavy atom.